The minimum absolute atomic E-state index is 0.0567. The molecule has 1 unspecified atom stereocenters. The van der Waals surface area contributed by atoms with Crippen LogP contribution in [0.25, 0.3) is 10.4 Å². The number of piperidine rings is 1. The molecular formula is C46H58BFN10O7S2. The maximum atomic E-state index is 14.3. The van der Waals surface area contributed by atoms with E-state index in [1.54, 1.807) is 16.8 Å². The van der Waals surface area contributed by atoms with Gasteiger partial charge in [0.1, 0.15) is 31.6 Å². The molecule has 3 aliphatic rings. The number of sulfonamides is 1. The Morgan fingerprint density at radius 3 is 2.28 bits per heavy atom. The zero-order valence-electron chi connectivity index (χ0n) is 38.3. The summed E-state index contributed by atoms with van der Waals surface area (Å²) in [5.41, 5.74) is 9.17. The van der Waals surface area contributed by atoms with Crippen LogP contribution < -0.4 is 32.5 Å². The van der Waals surface area contributed by atoms with E-state index in [-0.39, 0.29) is 85.4 Å². The molecule has 0 bridgehead atoms. The van der Waals surface area contributed by atoms with E-state index < -0.39 is 68.3 Å². The number of aryl methyl sites for hydroxylation is 1. The second-order valence-electron chi connectivity index (χ2n) is 18.8. The van der Waals surface area contributed by atoms with Crippen molar-refractivity contribution in [3.8, 4) is 10.4 Å². The summed E-state index contributed by atoms with van der Waals surface area (Å²) in [6.45, 7) is 9.75. The number of halogens is 1. The fourth-order valence-corrected chi connectivity index (χ4v) is 11.9. The average molecular weight is 957 g/mol. The molecule has 356 valence electrons. The van der Waals surface area contributed by atoms with Crippen molar-refractivity contribution in [1.29, 1.82) is 0 Å². The molecule has 1 aliphatic carbocycles. The lowest BCUT2D eigenvalue weighted by Crippen LogP contribution is -2.58. The number of nitrogens with two attached hydrogens (primary N) is 1. The number of thiazole rings is 1. The van der Waals surface area contributed by atoms with Crippen molar-refractivity contribution in [2.75, 3.05) is 30.3 Å². The summed E-state index contributed by atoms with van der Waals surface area (Å²) in [7, 11) is 2.37. The van der Waals surface area contributed by atoms with E-state index >= 15 is 0 Å². The van der Waals surface area contributed by atoms with Gasteiger partial charge in [0.05, 0.1) is 44.7 Å². The van der Waals surface area contributed by atoms with Crippen LogP contribution in [0.15, 0.2) is 54.2 Å². The van der Waals surface area contributed by atoms with Crippen molar-refractivity contribution in [3.63, 3.8) is 0 Å². The van der Waals surface area contributed by atoms with E-state index in [1.165, 1.54) is 27.5 Å². The summed E-state index contributed by atoms with van der Waals surface area (Å²) in [6, 6.07) is 9.35. The van der Waals surface area contributed by atoms with E-state index in [0.29, 0.717) is 25.7 Å². The third kappa shape index (κ3) is 11.3. The minimum Gasteiger partial charge on any atom is -0.391 e. The number of hydrogen-bond acceptors (Lipinski definition) is 13. The van der Waals surface area contributed by atoms with E-state index in [9.17, 15) is 37.1 Å². The van der Waals surface area contributed by atoms with Crippen LogP contribution >= 0.6 is 11.3 Å². The Morgan fingerprint density at radius 1 is 0.970 bits per heavy atom. The van der Waals surface area contributed by atoms with Gasteiger partial charge < -0.3 is 37.0 Å². The van der Waals surface area contributed by atoms with Crippen LogP contribution in [0, 0.1) is 24.1 Å². The highest BCUT2D eigenvalue weighted by molar-refractivity contribution is 7.89. The van der Waals surface area contributed by atoms with Crippen LogP contribution in [0.1, 0.15) is 100 Å². The quantitative estimate of drug-likeness (QED) is 0.0990. The highest BCUT2D eigenvalue weighted by atomic mass is 32.2. The number of primary amides is 1. The molecule has 1 saturated carbocycles. The Kier molecular flexibility index (Phi) is 15.0. The molecule has 4 atom stereocenters. The third-order valence-corrected chi connectivity index (χ3v) is 16.4. The molecule has 2 aromatic carbocycles. The Hall–Kier alpha value is -5.51. The van der Waals surface area contributed by atoms with Gasteiger partial charge in [-0.15, -0.1) is 11.3 Å². The summed E-state index contributed by atoms with van der Waals surface area (Å²) in [6.07, 6.45) is 2.60. The molecule has 7 rings (SSSR count). The lowest BCUT2D eigenvalue weighted by Gasteiger charge is -2.38. The van der Waals surface area contributed by atoms with Crippen LogP contribution in [0.2, 0.25) is 0 Å². The Labute approximate surface area is 395 Å². The fourth-order valence-electron chi connectivity index (χ4n) is 9.11. The molecule has 2 aliphatic heterocycles. The largest absolute Gasteiger partial charge is 0.391 e. The van der Waals surface area contributed by atoms with Crippen LogP contribution in [-0.2, 0) is 24.4 Å². The number of aliphatic hydroxyl groups excluding tert-OH is 1. The number of nitrogens with one attached hydrogen (secondary N) is 4. The molecule has 2 aromatic heterocycles. The molecule has 7 N–H and O–H groups in total. The Bertz CT molecular complexity index is 2580. The van der Waals surface area contributed by atoms with Crippen molar-refractivity contribution < 1.29 is 37.1 Å². The summed E-state index contributed by atoms with van der Waals surface area (Å²) < 4.78 is 43.6. The summed E-state index contributed by atoms with van der Waals surface area (Å²) >= 11 is 1.56. The number of rotatable bonds is 14. The van der Waals surface area contributed by atoms with Gasteiger partial charge in [0.15, 0.2) is 0 Å². The van der Waals surface area contributed by atoms with Crippen molar-refractivity contribution in [2.45, 2.75) is 115 Å². The zero-order valence-corrected chi connectivity index (χ0v) is 39.9. The van der Waals surface area contributed by atoms with Crippen LogP contribution in [-0.4, -0.2) is 118 Å². The van der Waals surface area contributed by atoms with Crippen LogP contribution in [0.3, 0.4) is 0 Å². The van der Waals surface area contributed by atoms with Gasteiger partial charge in [-0.2, -0.15) is 4.98 Å². The SMILES string of the molecule is [B]c1cnc(NC2CCN(S(=O)(=O)C3CCC(C(=O)N[C@H](C(=O)N4C[C@H](O)CC4C(=O)N[C@@H](C)c4ccc(-c5scnc5C)cc4)C(C)(C)C)CC3)CC2)nc1Nc1cccc(F)c1C(N)=O. The molecule has 4 amide bonds. The third-order valence-electron chi connectivity index (χ3n) is 13.0. The number of carbonyl (C=O) groups excluding carboxylic acids is 4. The average Bonchev–Trinajstić information content (AvgIpc) is 3.91. The van der Waals surface area contributed by atoms with Crippen molar-refractivity contribution in [3.05, 3.63) is 76.8 Å². The van der Waals surface area contributed by atoms with Gasteiger partial charge in [-0.25, -0.2) is 27.1 Å². The smallest absolute Gasteiger partial charge is 0.253 e. The zero-order chi connectivity index (χ0) is 48.4. The number of likely N-dealkylation sites (tertiary alicyclic amines) is 1. The Morgan fingerprint density at radius 2 is 1.66 bits per heavy atom. The predicted molar refractivity (Wildman–Crippen MR) is 255 cm³/mol. The molecule has 2 radical (unpaired) electrons. The molecule has 4 aromatic rings. The molecule has 67 heavy (non-hydrogen) atoms. The standard InChI is InChI=1S/C46H58BFN10O7S2/c1-25(27-9-11-28(12-10-27)38-26(2)51-24-66-38)52-43(62)36-21-31(59)23-58(36)44(63)39(46(3,4)5)55-42(61)29-13-15-32(16-14-29)67(64,65)57-19-17-30(18-20-57)53-45-50-22-33(47)41(56-45)54-35-8-6-7-34(48)37(35)40(49)60/h6-12,22,24-25,29-32,36,39,59H,13-21,23H2,1-5H3,(H2,49,60)(H,52,62)(H,55,61)(H2,50,53,54,56)/t25-,29?,31+,32?,36?,39+/m0/s1. The van der Waals surface area contributed by atoms with Gasteiger partial charge in [0.2, 0.25) is 33.7 Å². The Balaban J connectivity index is 0.905. The first-order valence-electron chi connectivity index (χ1n) is 22.5. The summed E-state index contributed by atoms with van der Waals surface area (Å²) in [5, 5.41) is 22.1. The lowest BCUT2D eigenvalue weighted by atomic mass is 9.83. The number of carbonyl (C=O) groups is 4. The van der Waals surface area contributed by atoms with Gasteiger partial charge in [0, 0.05) is 44.2 Å². The predicted octanol–water partition coefficient (Wildman–Crippen LogP) is 3.82. The normalized spacial score (nSPS) is 21.6. The van der Waals surface area contributed by atoms with Crippen molar-refractivity contribution in [2.24, 2.45) is 17.1 Å². The van der Waals surface area contributed by atoms with Gasteiger partial charge in [-0.05, 0) is 86.5 Å². The van der Waals surface area contributed by atoms with E-state index in [1.807, 2.05) is 58.9 Å². The summed E-state index contributed by atoms with van der Waals surface area (Å²) in [4.78, 5) is 69.3. The summed E-state index contributed by atoms with van der Waals surface area (Å²) in [5.74, 6) is -3.16. The fraction of sp³-hybridized carbons (Fsp3) is 0.500. The van der Waals surface area contributed by atoms with Crippen molar-refractivity contribution in [1.82, 2.24) is 34.8 Å². The van der Waals surface area contributed by atoms with Gasteiger partial charge in [0.25, 0.3) is 5.91 Å². The molecule has 21 heteroatoms. The maximum Gasteiger partial charge on any atom is 0.253 e. The number of aromatic nitrogens is 3. The molecule has 3 fully saturated rings. The van der Waals surface area contributed by atoms with Gasteiger partial charge in [-0.1, -0.05) is 51.1 Å². The number of β-amino-alcohol motifs (C(OH)–C–C–N with tert-alkyl or cyclic N) is 1. The number of nitrogens with zero attached hydrogens (tertiary/aromatic N) is 5. The molecule has 0 spiro atoms. The van der Waals surface area contributed by atoms with Gasteiger partial charge >= 0.3 is 0 Å². The topological polar surface area (TPSA) is 242 Å². The second-order valence-corrected chi connectivity index (χ2v) is 21.9. The highest BCUT2D eigenvalue weighted by Gasteiger charge is 2.46. The minimum atomic E-state index is -3.70. The number of hydrogen-bond donors (Lipinski definition) is 6. The van der Waals surface area contributed by atoms with Crippen molar-refractivity contribution >= 4 is 75.8 Å². The number of amides is 4. The van der Waals surface area contributed by atoms with Crippen LogP contribution in [0.4, 0.5) is 21.8 Å². The molecular weight excluding hydrogens is 899 g/mol. The monoisotopic (exact) mass is 956 g/mol. The molecule has 4 heterocycles. The molecule has 2 saturated heterocycles. The highest BCUT2D eigenvalue weighted by Crippen LogP contribution is 2.34. The first-order chi connectivity index (χ1) is 31.7. The number of anilines is 3. The van der Waals surface area contributed by atoms with E-state index in [4.69, 9.17) is 13.6 Å². The maximum absolute atomic E-state index is 14.3. The van der Waals surface area contributed by atoms with E-state index in [2.05, 4.69) is 36.2 Å². The lowest BCUT2D eigenvalue weighted by molar-refractivity contribution is -0.144. The van der Waals surface area contributed by atoms with Gasteiger partial charge in [-0.3, -0.25) is 19.2 Å². The molecule has 17 nitrogen and oxygen atoms in total. The first-order valence-corrected chi connectivity index (χ1v) is 24.9. The number of benzene rings is 2. The first kappa shape index (κ1) is 49.4. The second kappa shape index (κ2) is 20.4. The van der Waals surface area contributed by atoms with Crippen LogP contribution in [0.5, 0.6) is 0 Å². The number of aliphatic hydroxyl groups is 1. The van der Waals surface area contributed by atoms with E-state index in [0.717, 1.165) is 27.8 Å².